The molecule has 0 saturated carbocycles. The molecule has 2 fully saturated rings. The third-order valence-electron chi connectivity index (χ3n) is 4.52. The molecule has 6 nitrogen and oxygen atoms in total. The second kappa shape index (κ2) is 6.94. The second-order valence-electron chi connectivity index (χ2n) is 6.41. The SMILES string of the molecule is O=C(N=C1SC2CS(=O)(=O)CC2N1C(=O)c1ccccc1)c1ccccc1. The highest BCUT2D eigenvalue weighted by molar-refractivity contribution is 8.15. The molecule has 2 heterocycles. The van der Waals surface area contributed by atoms with Gasteiger partial charge in [0.1, 0.15) is 0 Å². The lowest BCUT2D eigenvalue weighted by atomic mass is 10.1. The highest BCUT2D eigenvalue weighted by atomic mass is 32.2. The highest BCUT2D eigenvalue weighted by Gasteiger charge is 2.51. The van der Waals surface area contributed by atoms with E-state index in [4.69, 9.17) is 0 Å². The molecule has 0 aliphatic carbocycles. The molecule has 2 aliphatic heterocycles. The van der Waals surface area contributed by atoms with Gasteiger partial charge in [0.05, 0.1) is 17.5 Å². The van der Waals surface area contributed by atoms with Crippen molar-refractivity contribution in [1.82, 2.24) is 4.90 Å². The molecular formula is C19H16N2O4S2. The van der Waals surface area contributed by atoms with E-state index in [1.54, 1.807) is 60.7 Å². The van der Waals surface area contributed by atoms with Crippen LogP contribution in [0.2, 0.25) is 0 Å². The molecule has 0 spiro atoms. The van der Waals surface area contributed by atoms with Crippen molar-refractivity contribution in [2.45, 2.75) is 11.3 Å². The van der Waals surface area contributed by atoms with E-state index >= 15 is 0 Å². The Bertz CT molecular complexity index is 1020. The third kappa shape index (κ3) is 3.54. The van der Waals surface area contributed by atoms with E-state index < -0.39 is 21.8 Å². The van der Waals surface area contributed by atoms with Crippen molar-refractivity contribution in [3.63, 3.8) is 0 Å². The number of amidine groups is 1. The van der Waals surface area contributed by atoms with Gasteiger partial charge in [-0.2, -0.15) is 4.99 Å². The van der Waals surface area contributed by atoms with Gasteiger partial charge >= 0.3 is 0 Å². The van der Waals surface area contributed by atoms with Gasteiger partial charge < -0.3 is 0 Å². The van der Waals surface area contributed by atoms with Crippen LogP contribution in [0, 0.1) is 0 Å². The summed E-state index contributed by atoms with van der Waals surface area (Å²) in [7, 11) is -3.21. The molecule has 138 valence electrons. The molecule has 2 saturated heterocycles. The molecule has 2 amide bonds. The molecule has 0 aromatic heterocycles. The van der Waals surface area contributed by atoms with Crippen LogP contribution in [0.15, 0.2) is 65.7 Å². The number of amides is 2. The molecule has 0 bridgehead atoms. The standard InChI is InChI=1S/C19H16N2O4S2/c22-17(13-7-3-1-4-8-13)20-19-21(18(23)14-9-5-2-6-10-14)15-11-27(24,25)12-16(15)26-19/h1-10,15-16H,11-12H2. The molecule has 4 rings (SSSR count). The third-order valence-corrected chi connectivity index (χ3v) is 7.73. The maximum atomic E-state index is 13.1. The Hall–Kier alpha value is -2.45. The summed E-state index contributed by atoms with van der Waals surface area (Å²) in [6.45, 7) is 0. The largest absolute Gasteiger partial charge is 0.282 e. The number of carbonyl (C=O) groups is 2. The van der Waals surface area contributed by atoms with E-state index in [1.165, 1.54) is 16.7 Å². The summed E-state index contributed by atoms with van der Waals surface area (Å²) >= 11 is 1.19. The number of hydrogen-bond donors (Lipinski definition) is 0. The van der Waals surface area contributed by atoms with Gasteiger partial charge in [0.2, 0.25) is 0 Å². The summed E-state index contributed by atoms with van der Waals surface area (Å²) in [6.07, 6.45) is 0. The molecular weight excluding hydrogens is 384 g/mol. The fourth-order valence-electron chi connectivity index (χ4n) is 3.25. The van der Waals surface area contributed by atoms with E-state index in [-0.39, 0.29) is 27.8 Å². The molecule has 8 heteroatoms. The topological polar surface area (TPSA) is 83.9 Å². The average molecular weight is 400 g/mol. The van der Waals surface area contributed by atoms with Crippen molar-refractivity contribution in [2.75, 3.05) is 11.5 Å². The summed E-state index contributed by atoms with van der Waals surface area (Å²) in [5, 5.41) is -0.0346. The molecule has 0 N–H and O–H groups in total. The zero-order valence-corrected chi connectivity index (χ0v) is 15.8. The summed E-state index contributed by atoms with van der Waals surface area (Å²) in [6, 6.07) is 16.7. The number of fused-ring (bicyclic) bond motifs is 1. The van der Waals surface area contributed by atoms with Gasteiger partial charge in [0, 0.05) is 16.4 Å². The summed E-state index contributed by atoms with van der Waals surface area (Å²) in [5.74, 6) is -0.916. The first-order valence-electron chi connectivity index (χ1n) is 8.38. The van der Waals surface area contributed by atoms with E-state index in [1.807, 2.05) is 0 Å². The molecule has 2 unspecified atom stereocenters. The Balaban J connectivity index is 1.71. The van der Waals surface area contributed by atoms with Crippen molar-refractivity contribution < 1.29 is 18.0 Å². The van der Waals surface area contributed by atoms with Gasteiger partial charge in [-0.05, 0) is 24.3 Å². The van der Waals surface area contributed by atoms with Crippen molar-refractivity contribution >= 4 is 38.6 Å². The monoisotopic (exact) mass is 400 g/mol. The van der Waals surface area contributed by atoms with E-state index in [9.17, 15) is 18.0 Å². The number of hydrogen-bond acceptors (Lipinski definition) is 5. The fourth-order valence-corrected chi connectivity index (χ4v) is 7.14. The molecule has 2 aromatic rings. The molecule has 27 heavy (non-hydrogen) atoms. The van der Waals surface area contributed by atoms with E-state index in [0.717, 1.165) is 0 Å². The summed E-state index contributed by atoms with van der Waals surface area (Å²) < 4.78 is 24.1. The van der Waals surface area contributed by atoms with Crippen LogP contribution in [0.1, 0.15) is 20.7 Å². The van der Waals surface area contributed by atoms with Gasteiger partial charge in [-0.3, -0.25) is 14.5 Å². The first-order valence-corrected chi connectivity index (χ1v) is 11.1. The Morgan fingerprint density at radius 1 is 0.926 bits per heavy atom. The van der Waals surface area contributed by atoms with Crippen LogP contribution >= 0.6 is 11.8 Å². The van der Waals surface area contributed by atoms with Crippen LogP contribution < -0.4 is 0 Å². The van der Waals surface area contributed by atoms with Crippen molar-refractivity contribution in [3.05, 3.63) is 71.8 Å². The zero-order valence-electron chi connectivity index (χ0n) is 14.2. The number of carbonyl (C=O) groups excluding carboxylic acids is 2. The molecule has 2 aliphatic rings. The number of benzene rings is 2. The fraction of sp³-hybridized carbons (Fsp3) is 0.211. The van der Waals surface area contributed by atoms with Crippen LogP contribution in [-0.2, 0) is 9.84 Å². The normalized spacial score (nSPS) is 24.7. The summed E-state index contributed by atoms with van der Waals surface area (Å²) in [5.41, 5.74) is 0.852. The molecule has 2 atom stereocenters. The van der Waals surface area contributed by atoms with Crippen LogP contribution in [0.5, 0.6) is 0 Å². The quantitative estimate of drug-likeness (QED) is 0.772. The van der Waals surface area contributed by atoms with Crippen LogP contribution in [0.25, 0.3) is 0 Å². The van der Waals surface area contributed by atoms with Gasteiger partial charge in [-0.15, -0.1) is 0 Å². The minimum atomic E-state index is -3.21. The first-order chi connectivity index (χ1) is 12.9. The van der Waals surface area contributed by atoms with Gasteiger partial charge in [0.15, 0.2) is 15.0 Å². The van der Waals surface area contributed by atoms with Crippen LogP contribution in [0.4, 0.5) is 0 Å². The molecule has 2 aromatic carbocycles. The minimum Gasteiger partial charge on any atom is -0.282 e. The number of nitrogens with zero attached hydrogens (tertiary/aromatic N) is 2. The maximum absolute atomic E-state index is 13.1. The average Bonchev–Trinajstić information content (AvgIpc) is 3.13. The van der Waals surface area contributed by atoms with Gasteiger partial charge in [-0.1, -0.05) is 48.2 Å². The number of sulfone groups is 1. The maximum Gasteiger partial charge on any atom is 0.279 e. The zero-order chi connectivity index (χ0) is 19.0. The minimum absolute atomic E-state index is 0.0144. The van der Waals surface area contributed by atoms with E-state index in [2.05, 4.69) is 4.99 Å². The van der Waals surface area contributed by atoms with Crippen LogP contribution in [-0.4, -0.2) is 53.1 Å². The number of rotatable bonds is 2. The Kier molecular flexibility index (Phi) is 4.61. The predicted molar refractivity (Wildman–Crippen MR) is 105 cm³/mol. The van der Waals surface area contributed by atoms with Gasteiger partial charge in [0.25, 0.3) is 11.8 Å². The highest BCUT2D eigenvalue weighted by Crippen LogP contribution is 2.39. The van der Waals surface area contributed by atoms with Crippen LogP contribution in [0.3, 0.4) is 0 Å². The van der Waals surface area contributed by atoms with Crippen molar-refractivity contribution in [2.24, 2.45) is 4.99 Å². The van der Waals surface area contributed by atoms with E-state index in [0.29, 0.717) is 11.1 Å². The Labute approximate surface area is 161 Å². The Morgan fingerprint density at radius 2 is 1.52 bits per heavy atom. The first kappa shape index (κ1) is 17.9. The lowest BCUT2D eigenvalue weighted by Crippen LogP contribution is -2.42. The smallest absolute Gasteiger partial charge is 0.279 e. The summed E-state index contributed by atoms with van der Waals surface area (Å²) in [4.78, 5) is 31.1. The van der Waals surface area contributed by atoms with Crippen molar-refractivity contribution in [1.29, 1.82) is 0 Å². The number of thioether (sulfide) groups is 1. The van der Waals surface area contributed by atoms with Gasteiger partial charge in [-0.25, -0.2) is 8.42 Å². The second-order valence-corrected chi connectivity index (χ2v) is 9.77. The predicted octanol–water partition coefficient (Wildman–Crippen LogP) is 2.24. The lowest BCUT2D eigenvalue weighted by Gasteiger charge is -2.22. The molecule has 0 radical (unpaired) electrons. The number of aliphatic imine (C=N–C) groups is 1. The lowest BCUT2D eigenvalue weighted by molar-refractivity contribution is 0.0824. The van der Waals surface area contributed by atoms with Crippen molar-refractivity contribution in [3.8, 4) is 0 Å². The Morgan fingerprint density at radius 3 is 2.15 bits per heavy atom.